The normalized spacial score (nSPS) is 12.1. The number of aliphatic carboxylic acids is 1. The number of nitrogens with zero attached hydrogens (tertiary/aromatic N) is 2. The van der Waals surface area contributed by atoms with E-state index in [-0.39, 0.29) is 5.22 Å². The first-order chi connectivity index (χ1) is 9.10. The second kappa shape index (κ2) is 5.75. The number of carboxylic acids is 1. The summed E-state index contributed by atoms with van der Waals surface area (Å²) in [5.74, 6) is 0.161. The van der Waals surface area contributed by atoms with Gasteiger partial charge in [-0.25, -0.2) is 0 Å². The summed E-state index contributed by atoms with van der Waals surface area (Å²) >= 11 is 1.01. The molecule has 6 nitrogen and oxygen atoms in total. The largest absolute Gasteiger partial charge is 0.497 e. The lowest BCUT2D eigenvalue weighted by Crippen LogP contribution is -2.10. The van der Waals surface area contributed by atoms with Crippen molar-refractivity contribution in [2.75, 3.05) is 7.11 Å². The van der Waals surface area contributed by atoms with Gasteiger partial charge in [-0.15, -0.1) is 10.2 Å². The van der Waals surface area contributed by atoms with Crippen molar-refractivity contribution in [3.8, 4) is 17.2 Å². The average Bonchev–Trinajstić information content (AvgIpc) is 2.87. The van der Waals surface area contributed by atoms with Crippen LogP contribution < -0.4 is 4.74 Å². The highest BCUT2D eigenvalue weighted by atomic mass is 32.2. The van der Waals surface area contributed by atoms with Gasteiger partial charge in [-0.2, -0.15) is 0 Å². The van der Waals surface area contributed by atoms with Crippen molar-refractivity contribution in [1.82, 2.24) is 10.2 Å². The minimum Gasteiger partial charge on any atom is -0.497 e. The lowest BCUT2D eigenvalue weighted by Gasteiger charge is -2.00. The van der Waals surface area contributed by atoms with Gasteiger partial charge in [-0.3, -0.25) is 4.79 Å². The molecule has 0 radical (unpaired) electrons. The quantitative estimate of drug-likeness (QED) is 0.841. The maximum atomic E-state index is 10.7. The Hall–Kier alpha value is -2.02. The molecule has 1 N–H and O–H groups in total. The first kappa shape index (κ1) is 13.4. The van der Waals surface area contributed by atoms with E-state index in [1.165, 1.54) is 0 Å². The fraction of sp³-hybridized carbons (Fsp3) is 0.250. The minimum atomic E-state index is -0.922. The molecule has 19 heavy (non-hydrogen) atoms. The monoisotopic (exact) mass is 280 g/mol. The standard InChI is InChI=1S/C12H12N2O4S/c1-7(11(15)16)19-12-14-13-10(18-12)8-3-5-9(17-2)6-4-8/h3-7H,1-2H3,(H,15,16)/t7-/m1/s1. The predicted molar refractivity (Wildman–Crippen MR) is 69.2 cm³/mol. The van der Waals surface area contributed by atoms with Gasteiger partial charge in [-0.1, -0.05) is 11.8 Å². The lowest BCUT2D eigenvalue weighted by atomic mass is 10.2. The second-order valence-corrected chi connectivity index (χ2v) is 4.99. The van der Waals surface area contributed by atoms with Gasteiger partial charge in [0.25, 0.3) is 5.22 Å². The Labute approximate surface area is 113 Å². The third-order valence-corrected chi connectivity index (χ3v) is 3.29. The molecule has 1 heterocycles. The van der Waals surface area contributed by atoms with Gasteiger partial charge in [-0.05, 0) is 31.2 Å². The maximum absolute atomic E-state index is 10.7. The van der Waals surface area contributed by atoms with Crippen molar-refractivity contribution >= 4 is 17.7 Å². The van der Waals surface area contributed by atoms with Crippen LogP contribution in [0.25, 0.3) is 11.5 Å². The molecule has 2 rings (SSSR count). The fourth-order valence-electron chi connectivity index (χ4n) is 1.31. The summed E-state index contributed by atoms with van der Waals surface area (Å²) in [5.41, 5.74) is 0.753. The van der Waals surface area contributed by atoms with Crippen LogP contribution in [0, 0.1) is 0 Å². The van der Waals surface area contributed by atoms with Gasteiger partial charge >= 0.3 is 5.97 Å². The predicted octanol–water partition coefficient (Wildman–Crippen LogP) is 2.31. The summed E-state index contributed by atoms with van der Waals surface area (Å²) in [7, 11) is 1.59. The molecule has 1 aromatic heterocycles. The number of benzene rings is 1. The van der Waals surface area contributed by atoms with Crippen molar-refractivity contribution in [3.05, 3.63) is 24.3 Å². The van der Waals surface area contributed by atoms with Crippen LogP contribution in [0.2, 0.25) is 0 Å². The molecule has 0 fully saturated rings. The lowest BCUT2D eigenvalue weighted by molar-refractivity contribution is -0.136. The molecule has 0 spiro atoms. The molecule has 0 unspecified atom stereocenters. The fourth-order valence-corrected chi connectivity index (χ4v) is 1.93. The van der Waals surface area contributed by atoms with Crippen molar-refractivity contribution < 1.29 is 19.1 Å². The number of methoxy groups -OCH3 is 1. The first-order valence-corrected chi connectivity index (χ1v) is 6.35. The van der Waals surface area contributed by atoms with Gasteiger partial charge in [0.15, 0.2) is 0 Å². The number of hydrogen-bond donors (Lipinski definition) is 1. The average molecular weight is 280 g/mol. The molecule has 0 aliphatic heterocycles. The van der Waals surface area contributed by atoms with E-state index in [2.05, 4.69) is 10.2 Å². The zero-order chi connectivity index (χ0) is 13.8. The molecule has 100 valence electrons. The Morgan fingerprint density at radius 3 is 2.63 bits per heavy atom. The van der Waals surface area contributed by atoms with Crippen LogP contribution in [0.1, 0.15) is 6.92 Å². The topological polar surface area (TPSA) is 85.5 Å². The highest BCUT2D eigenvalue weighted by molar-refractivity contribution is 8.00. The minimum absolute atomic E-state index is 0.237. The van der Waals surface area contributed by atoms with Crippen molar-refractivity contribution in [1.29, 1.82) is 0 Å². The summed E-state index contributed by atoms with van der Waals surface area (Å²) < 4.78 is 10.5. The molecule has 0 bridgehead atoms. The van der Waals surface area contributed by atoms with E-state index in [9.17, 15) is 4.79 Å². The second-order valence-electron chi connectivity index (χ2n) is 3.70. The zero-order valence-corrected chi connectivity index (χ0v) is 11.2. The Morgan fingerprint density at radius 2 is 2.05 bits per heavy atom. The highest BCUT2D eigenvalue weighted by Crippen LogP contribution is 2.27. The number of rotatable bonds is 5. The van der Waals surface area contributed by atoms with Crippen molar-refractivity contribution in [2.24, 2.45) is 0 Å². The summed E-state index contributed by atoms with van der Waals surface area (Å²) in [5, 5.41) is 16.1. The number of carbonyl (C=O) groups is 1. The molecule has 7 heteroatoms. The molecular formula is C12H12N2O4S. The summed E-state index contributed by atoms with van der Waals surface area (Å²) in [4.78, 5) is 10.7. The number of ether oxygens (including phenoxy) is 1. The van der Waals surface area contributed by atoms with Crippen molar-refractivity contribution in [3.63, 3.8) is 0 Å². The Bertz CT molecular complexity index is 567. The van der Waals surface area contributed by atoms with E-state index in [1.807, 2.05) is 0 Å². The first-order valence-electron chi connectivity index (χ1n) is 5.47. The van der Waals surface area contributed by atoms with Crippen LogP contribution in [-0.4, -0.2) is 33.6 Å². The smallest absolute Gasteiger partial charge is 0.316 e. The number of hydrogen-bond acceptors (Lipinski definition) is 6. The molecule has 2 aromatic rings. The van der Waals surface area contributed by atoms with E-state index in [4.69, 9.17) is 14.3 Å². The molecule has 1 aromatic carbocycles. The molecule has 0 saturated carbocycles. The van der Waals surface area contributed by atoms with Crippen LogP contribution in [-0.2, 0) is 4.79 Å². The van der Waals surface area contributed by atoms with Crippen LogP contribution in [0.15, 0.2) is 33.9 Å². The number of aromatic nitrogens is 2. The Balaban J connectivity index is 2.13. The maximum Gasteiger partial charge on any atom is 0.316 e. The zero-order valence-electron chi connectivity index (χ0n) is 10.4. The van der Waals surface area contributed by atoms with Gasteiger partial charge < -0.3 is 14.3 Å². The molecular weight excluding hydrogens is 268 g/mol. The Kier molecular flexibility index (Phi) is 4.06. The molecule has 0 aliphatic carbocycles. The van der Waals surface area contributed by atoms with Gasteiger partial charge in [0.2, 0.25) is 5.89 Å². The van der Waals surface area contributed by atoms with Crippen LogP contribution in [0.4, 0.5) is 0 Å². The van der Waals surface area contributed by atoms with Gasteiger partial charge in [0.05, 0.1) is 7.11 Å². The van der Waals surface area contributed by atoms with E-state index >= 15 is 0 Å². The molecule has 1 atom stereocenters. The summed E-state index contributed by atoms with van der Waals surface area (Å²) in [6.07, 6.45) is 0. The van der Waals surface area contributed by atoms with E-state index in [0.717, 1.165) is 23.1 Å². The Morgan fingerprint density at radius 1 is 1.37 bits per heavy atom. The van der Waals surface area contributed by atoms with E-state index in [1.54, 1.807) is 38.3 Å². The summed E-state index contributed by atoms with van der Waals surface area (Å²) in [6.45, 7) is 1.56. The molecule has 0 aliphatic rings. The van der Waals surface area contributed by atoms with Crippen LogP contribution >= 0.6 is 11.8 Å². The van der Waals surface area contributed by atoms with Crippen LogP contribution in [0.5, 0.6) is 5.75 Å². The summed E-state index contributed by atoms with van der Waals surface area (Å²) in [6, 6.07) is 7.15. The SMILES string of the molecule is COc1ccc(-c2nnc(S[C@H](C)C(=O)O)o2)cc1. The third kappa shape index (κ3) is 3.25. The molecule has 0 amide bonds. The third-order valence-electron chi connectivity index (χ3n) is 2.37. The van der Waals surface area contributed by atoms with Crippen molar-refractivity contribution in [2.45, 2.75) is 17.4 Å². The molecule has 0 saturated heterocycles. The number of carboxylic acid groups (broad SMARTS) is 1. The van der Waals surface area contributed by atoms with Gasteiger partial charge in [0.1, 0.15) is 11.0 Å². The van der Waals surface area contributed by atoms with E-state index < -0.39 is 11.2 Å². The number of thioether (sulfide) groups is 1. The van der Waals surface area contributed by atoms with Gasteiger partial charge in [0, 0.05) is 5.56 Å². The highest BCUT2D eigenvalue weighted by Gasteiger charge is 2.17. The van der Waals surface area contributed by atoms with Crippen LogP contribution in [0.3, 0.4) is 0 Å². The van der Waals surface area contributed by atoms with E-state index in [0.29, 0.717) is 5.89 Å².